The van der Waals surface area contributed by atoms with Crippen LogP contribution in [0.15, 0.2) is 18.5 Å². The van der Waals surface area contributed by atoms with E-state index in [9.17, 15) is 0 Å². The van der Waals surface area contributed by atoms with Crippen molar-refractivity contribution in [1.82, 2.24) is 4.98 Å². The highest BCUT2D eigenvalue weighted by Gasteiger charge is 2.36. The van der Waals surface area contributed by atoms with Crippen molar-refractivity contribution in [3.63, 3.8) is 0 Å². The van der Waals surface area contributed by atoms with E-state index < -0.39 is 0 Å². The predicted octanol–water partition coefficient (Wildman–Crippen LogP) is 1.64. The maximum atomic E-state index is 5.79. The molecule has 2 rings (SSSR count). The van der Waals surface area contributed by atoms with E-state index in [4.69, 9.17) is 10.5 Å². The summed E-state index contributed by atoms with van der Waals surface area (Å²) in [4.78, 5) is 3.95. The van der Waals surface area contributed by atoms with Crippen LogP contribution in [0.1, 0.15) is 19.3 Å². The average Bonchev–Trinajstić information content (AvgIpc) is 2.19. The molecule has 15 heavy (non-hydrogen) atoms. The minimum absolute atomic E-state index is 0.0235. The van der Waals surface area contributed by atoms with E-state index >= 15 is 0 Å². The highest BCUT2D eigenvalue weighted by molar-refractivity contribution is 5.64. The third kappa shape index (κ3) is 2.04. The molecule has 0 radical (unpaired) electrons. The minimum atomic E-state index is 0.0235. The molecule has 0 spiro atoms. The van der Waals surface area contributed by atoms with Gasteiger partial charge in [0.25, 0.3) is 0 Å². The first-order chi connectivity index (χ1) is 7.26. The van der Waals surface area contributed by atoms with Gasteiger partial charge in [-0.2, -0.15) is 0 Å². The molecule has 4 heteroatoms. The second kappa shape index (κ2) is 4.06. The lowest BCUT2D eigenvalue weighted by Crippen LogP contribution is -2.45. The molecule has 1 saturated carbocycles. The van der Waals surface area contributed by atoms with Crippen LogP contribution in [0.2, 0.25) is 0 Å². The molecule has 0 aromatic carbocycles. The maximum absolute atomic E-state index is 5.79. The monoisotopic (exact) mass is 207 g/mol. The number of hydrogen-bond acceptors (Lipinski definition) is 4. The fraction of sp³-hybridized carbons (Fsp3) is 0.545. The molecule has 1 aromatic rings. The Balaban J connectivity index is 1.95. The first-order valence-electron chi connectivity index (χ1n) is 5.24. The Bertz CT molecular complexity index is 331. The highest BCUT2D eigenvalue weighted by Crippen LogP contribution is 2.35. The summed E-state index contributed by atoms with van der Waals surface area (Å²) in [6.45, 7) is 0.817. The molecule has 1 fully saturated rings. The molecular weight excluding hydrogens is 190 g/mol. The van der Waals surface area contributed by atoms with E-state index in [1.54, 1.807) is 19.5 Å². The Morgan fingerprint density at radius 3 is 2.93 bits per heavy atom. The number of nitrogens with one attached hydrogen (secondary N) is 1. The van der Waals surface area contributed by atoms with E-state index in [0.29, 0.717) is 5.69 Å². The van der Waals surface area contributed by atoms with Crippen molar-refractivity contribution in [2.45, 2.75) is 24.9 Å². The molecule has 0 amide bonds. The largest absolute Gasteiger partial charge is 0.396 e. The number of hydrogen-bond donors (Lipinski definition) is 2. The summed E-state index contributed by atoms with van der Waals surface area (Å²) >= 11 is 0. The second-order valence-corrected chi connectivity index (χ2v) is 4.06. The fourth-order valence-electron chi connectivity index (χ4n) is 1.85. The van der Waals surface area contributed by atoms with Crippen LogP contribution in [-0.4, -0.2) is 24.2 Å². The van der Waals surface area contributed by atoms with Crippen LogP contribution >= 0.6 is 0 Å². The van der Waals surface area contributed by atoms with Crippen LogP contribution < -0.4 is 11.1 Å². The molecule has 0 bridgehead atoms. The number of pyridine rings is 1. The van der Waals surface area contributed by atoms with Gasteiger partial charge in [0.2, 0.25) is 0 Å². The molecule has 1 aliphatic rings. The van der Waals surface area contributed by atoms with Gasteiger partial charge >= 0.3 is 0 Å². The number of rotatable bonds is 4. The molecular formula is C11H17N3O. The summed E-state index contributed by atoms with van der Waals surface area (Å²) in [7, 11) is 1.77. The molecule has 0 saturated heterocycles. The van der Waals surface area contributed by atoms with Gasteiger partial charge in [-0.25, -0.2) is 0 Å². The van der Waals surface area contributed by atoms with Crippen LogP contribution in [0.4, 0.5) is 11.4 Å². The Morgan fingerprint density at radius 1 is 1.60 bits per heavy atom. The Kier molecular flexibility index (Phi) is 2.77. The van der Waals surface area contributed by atoms with Crippen LogP contribution in [0.25, 0.3) is 0 Å². The molecule has 1 aromatic heterocycles. The van der Waals surface area contributed by atoms with Gasteiger partial charge in [0.1, 0.15) is 0 Å². The molecule has 1 heterocycles. The zero-order chi connectivity index (χ0) is 10.7. The number of nitrogens with two attached hydrogens (primary N) is 1. The molecule has 1 aliphatic carbocycles. The average molecular weight is 207 g/mol. The summed E-state index contributed by atoms with van der Waals surface area (Å²) in [6, 6.07) is 1.89. The lowest BCUT2D eigenvalue weighted by atomic mass is 9.80. The van der Waals surface area contributed by atoms with Crippen molar-refractivity contribution in [3.8, 4) is 0 Å². The zero-order valence-corrected chi connectivity index (χ0v) is 8.99. The predicted molar refractivity (Wildman–Crippen MR) is 60.7 cm³/mol. The van der Waals surface area contributed by atoms with E-state index in [1.807, 2.05) is 6.07 Å². The summed E-state index contributed by atoms with van der Waals surface area (Å²) in [6.07, 6.45) is 6.89. The van der Waals surface area contributed by atoms with Gasteiger partial charge in [-0.05, 0) is 25.3 Å². The van der Waals surface area contributed by atoms with E-state index in [2.05, 4.69) is 10.3 Å². The molecule has 0 atom stereocenters. The topological polar surface area (TPSA) is 60.2 Å². The number of methoxy groups -OCH3 is 1. The second-order valence-electron chi connectivity index (χ2n) is 4.06. The van der Waals surface area contributed by atoms with Gasteiger partial charge in [-0.1, -0.05) is 0 Å². The third-order valence-corrected chi connectivity index (χ3v) is 3.15. The van der Waals surface area contributed by atoms with E-state index in [-0.39, 0.29) is 5.60 Å². The van der Waals surface area contributed by atoms with Crippen LogP contribution in [0.5, 0.6) is 0 Å². The normalized spacial score (nSPS) is 18.2. The van der Waals surface area contributed by atoms with Gasteiger partial charge < -0.3 is 15.8 Å². The lowest BCUT2D eigenvalue weighted by molar-refractivity contribution is -0.0601. The van der Waals surface area contributed by atoms with E-state index in [0.717, 1.165) is 25.1 Å². The summed E-state index contributed by atoms with van der Waals surface area (Å²) in [5.74, 6) is 0. The number of aromatic nitrogens is 1. The lowest BCUT2D eigenvalue weighted by Gasteiger charge is -2.40. The fourth-order valence-corrected chi connectivity index (χ4v) is 1.85. The molecule has 3 N–H and O–H groups in total. The van der Waals surface area contributed by atoms with Crippen molar-refractivity contribution < 1.29 is 4.74 Å². The number of nitrogens with zero attached hydrogens (tertiary/aromatic N) is 1. The number of anilines is 2. The van der Waals surface area contributed by atoms with Gasteiger partial charge in [0.15, 0.2) is 0 Å². The molecule has 4 nitrogen and oxygen atoms in total. The zero-order valence-electron chi connectivity index (χ0n) is 8.99. The smallest absolute Gasteiger partial charge is 0.0850 e. The standard InChI is InChI=1S/C11H17N3O/c1-15-11(4-2-5-11)8-14-10-3-6-13-7-9(10)12/h3,6-7H,2,4-5,8,12H2,1H3,(H,13,14). The van der Waals surface area contributed by atoms with E-state index in [1.165, 1.54) is 6.42 Å². The third-order valence-electron chi connectivity index (χ3n) is 3.15. The van der Waals surface area contributed by atoms with Crippen LogP contribution in [-0.2, 0) is 4.74 Å². The van der Waals surface area contributed by atoms with Crippen molar-refractivity contribution in [3.05, 3.63) is 18.5 Å². The molecule has 0 unspecified atom stereocenters. The van der Waals surface area contributed by atoms with Gasteiger partial charge in [-0.15, -0.1) is 0 Å². The summed E-state index contributed by atoms with van der Waals surface area (Å²) in [5.41, 5.74) is 7.43. The highest BCUT2D eigenvalue weighted by atomic mass is 16.5. The Morgan fingerprint density at radius 2 is 2.40 bits per heavy atom. The Hall–Kier alpha value is -1.29. The first kappa shape index (κ1) is 10.2. The number of ether oxygens (including phenoxy) is 1. The van der Waals surface area contributed by atoms with Crippen molar-refractivity contribution >= 4 is 11.4 Å². The van der Waals surface area contributed by atoms with Crippen molar-refractivity contribution in [2.75, 3.05) is 24.7 Å². The SMILES string of the molecule is COC1(CNc2ccncc2N)CCC1. The number of nitrogen functional groups attached to an aromatic ring is 1. The van der Waals surface area contributed by atoms with Crippen molar-refractivity contribution in [1.29, 1.82) is 0 Å². The molecule has 82 valence electrons. The molecule has 0 aliphatic heterocycles. The van der Waals surface area contributed by atoms with Crippen molar-refractivity contribution in [2.24, 2.45) is 0 Å². The summed E-state index contributed by atoms with van der Waals surface area (Å²) < 4.78 is 5.52. The minimum Gasteiger partial charge on any atom is -0.396 e. The first-order valence-corrected chi connectivity index (χ1v) is 5.24. The quantitative estimate of drug-likeness (QED) is 0.788. The van der Waals surface area contributed by atoms with Gasteiger partial charge in [-0.3, -0.25) is 4.98 Å². The van der Waals surface area contributed by atoms with Crippen LogP contribution in [0.3, 0.4) is 0 Å². The maximum Gasteiger partial charge on any atom is 0.0850 e. The van der Waals surface area contributed by atoms with Crippen LogP contribution in [0, 0.1) is 0 Å². The summed E-state index contributed by atoms with van der Waals surface area (Å²) in [5, 5.41) is 3.32. The van der Waals surface area contributed by atoms with Gasteiger partial charge in [0.05, 0.1) is 23.2 Å². The Labute approximate surface area is 89.8 Å². The van der Waals surface area contributed by atoms with Gasteiger partial charge in [0, 0.05) is 19.9 Å².